The van der Waals surface area contributed by atoms with Crippen molar-refractivity contribution in [2.24, 2.45) is 5.73 Å². The van der Waals surface area contributed by atoms with Crippen molar-refractivity contribution in [2.75, 3.05) is 0 Å². The minimum Gasteiger partial charge on any atom is -0.548 e. The Morgan fingerprint density at radius 3 is 1.48 bits per heavy atom. The molecule has 8 heteroatoms. The Kier molecular flexibility index (Phi) is 26.9. The number of carbonyl (C=O) groups excluding carboxylic acids is 1. The van der Waals surface area contributed by atoms with Crippen molar-refractivity contribution in [2.45, 2.75) is 103 Å². The van der Waals surface area contributed by atoms with E-state index in [1.165, 1.54) is 57.8 Å². The molecule has 0 saturated heterocycles. The third-order valence-corrected chi connectivity index (χ3v) is 3.97. The molecule has 0 heterocycles. The van der Waals surface area contributed by atoms with Crippen LogP contribution in [-0.2, 0) is 14.4 Å². The molecule has 0 aromatic carbocycles. The van der Waals surface area contributed by atoms with Crippen molar-refractivity contribution in [1.82, 2.24) is 0 Å². The first-order chi connectivity index (χ1) is 12.3. The van der Waals surface area contributed by atoms with E-state index in [-0.39, 0.29) is 42.4 Å². The fourth-order valence-corrected chi connectivity index (χ4v) is 2.34. The Labute approximate surface area is 185 Å². The number of carboxylic acid groups (broad SMARTS) is 3. The molecule has 0 aromatic rings. The standard InChI is InChI=1S/C14H28O2.C5H9NO4.Na/c1-2-3-4-5-6-7-8-9-10-11-12-13-14(15)16;6-3(5(9)10)1-2-4(7)8;/h2-13H2,1H3,(H,15,16);3H,1-2,6H2,(H,7,8)(H,9,10);/q;;+1/p-1. The first kappa shape index (κ1) is 31.1. The number of carbonyl (C=O) groups is 3. The summed E-state index contributed by atoms with van der Waals surface area (Å²) in [6.45, 7) is 2.25. The van der Waals surface area contributed by atoms with Crippen LogP contribution < -0.4 is 40.4 Å². The summed E-state index contributed by atoms with van der Waals surface area (Å²) in [5.41, 5.74) is 4.94. The first-order valence-corrected chi connectivity index (χ1v) is 9.71. The molecule has 1 atom stereocenters. The number of hydrogen-bond donors (Lipinski definition) is 3. The minimum atomic E-state index is -1.42. The van der Waals surface area contributed by atoms with Crippen LogP contribution in [0, 0.1) is 0 Å². The number of aliphatic carboxylic acids is 3. The monoisotopic (exact) mass is 397 g/mol. The van der Waals surface area contributed by atoms with Crippen molar-refractivity contribution in [3.8, 4) is 0 Å². The summed E-state index contributed by atoms with van der Waals surface area (Å²) in [6.07, 6.45) is 14.0. The van der Waals surface area contributed by atoms with Gasteiger partial charge in [-0.1, -0.05) is 71.1 Å². The Morgan fingerprint density at radius 1 is 0.778 bits per heavy atom. The molecular weight excluding hydrogens is 361 g/mol. The zero-order valence-electron chi connectivity index (χ0n) is 17.1. The van der Waals surface area contributed by atoms with Crippen molar-refractivity contribution in [3.05, 3.63) is 0 Å². The summed E-state index contributed by atoms with van der Waals surface area (Å²) in [4.78, 5) is 30.0. The number of nitrogens with two attached hydrogens (primary N) is 1. The molecular formula is C19H36NNaO6. The smallest absolute Gasteiger partial charge is 0.548 e. The van der Waals surface area contributed by atoms with Crippen LogP contribution in [0.15, 0.2) is 0 Å². The number of hydrogen-bond acceptors (Lipinski definition) is 5. The molecule has 154 valence electrons. The summed E-state index contributed by atoms with van der Waals surface area (Å²) < 4.78 is 0. The topological polar surface area (TPSA) is 141 Å². The van der Waals surface area contributed by atoms with E-state index in [2.05, 4.69) is 6.92 Å². The third kappa shape index (κ3) is 30.3. The van der Waals surface area contributed by atoms with Gasteiger partial charge in [0.15, 0.2) is 0 Å². The molecule has 0 radical (unpaired) electrons. The van der Waals surface area contributed by atoms with E-state index < -0.39 is 23.9 Å². The second-order valence-electron chi connectivity index (χ2n) is 6.54. The largest absolute Gasteiger partial charge is 1.00 e. The molecule has 27 heavy (non-hydrogen) atoms. The molecule has 4 N–H and O–H groups in total. The maximum absolute atomic E-state index is 10.3. The van der Waals surface area contributed by atoms with E-state index in [1.807, 2.05) is 0 Å². The van der Waals surface area contributed by atoms with E-state index in [0.717, 1.165) is 12.8 Å². The molecule has 0 rings (SSSR count). The maximum Gasteiger partial charge on any atom is 1.00 e. The van der Waals surface area contributed by atoms with Crippen LogP contribution in [0.4, 0.5) is 0 Å². The predicted molar refractivity (Wildman–Crippen MR) is 98.6 cm³/mol. The van der Waals surface area contributed by atoms with Crippen LogP contribution in [0.3, 0.4) is 0 Å². The summed E-state index contributed by atoms with van der Waals surface area (Å²) in [5.74, 6) is -3.13. The molecule has 0 amide bonds. The Balaban J connectivity index is -0.000000454. The molecule has 1 unspecified atom stereocenters. The van der Waals surface area contributed by atoms with Gasteiger partial charge in [0.1, 0.15) is 0 Å². The van der Waals surface area contributed by atoms with E-state index in [1.54, 1.807) is 0 Å². The van der Waals surface area contributed by atoms with Crippen LogP contribution in [0.5, 0.6) is 0 Å². The molecule has 0 fully saturated rings. The second-order valence-corrected chi connectivity index (χ2v) is 6.54. The van der Waals surface area contributed by atoms with Crippen molar-refractivity contribution in [1.29, 1.82) is 0 Å². The number of rotatable bonds is 16. The van der Waals surface area contributed by atoms with Gasteiger partial charge in [-0.05, 0) is 12.8 Å². The van der Waals surface area contributed by atoms with Crippen molar-refractivity contribution < 1.29 is 59.3 Å². The third-order valence-electron chi connectivity index (χ3n) is 3.97. The van der Waals surface area contributed by atoms with E-state index in [9.17, 15) is 19.5 Å². The van der Waals surface area contributed by atoms with Gasteiger partial charge in [0.25, 0.3) is 0 Å². The van der Waals surface area contributed by atoms with Gasteiger partial charge in [0, 0.05) is 18.9 Å². The average molecular weight is 397 g/mol. The number of carboxylic acids is 3. The maximum atomic E-state index is 10.3. The second kappa shape index (κ2) is 23.4. The molecule has 0 saturated carbocycles. The van der Waals surface area contributed by atoms with E-state index in [0.29, 0.717) is 6.42 Å². The van der Waals surface area contributed by atoms with Gasteiger partial charge in [-0.15, -0.1) is 0 Å². The molecule has 0 aromatic heterocycles. The fourth-order valence-electron chi connectivity index (χ4n) is 2.34. The Bertz CT molecular complexity index is 379. The molecule has 7 nitrogen and oxygen atoms in total. The van der Waals surface area contributed by atoms with Crippen LogP contribution >= 0.6 is 0 Å². The zero-order valence-corrected chi connectivity index (χ0v) is 19.1. The fraction of sp³-hybridized carbons (Fsp3) is 0.842. The normalized spacial score (nSPS) is 10.9. The molecule has 0 aliphatic rings. The van der Waals surface area contributed by atoms with Crippen molar-refractivity contribution >= 4 is 17.9 Å². The first-order valence-electron chi connectivity index (χ1n) is 9.71. The van der Waals surface area contributed by atoms with Gasteiger partial charge in [-0.25, -0.2) is 0 Å². The van der Waals surface area contributed by atoms with Crippen LogP contribution in [0.1, 0.15) is 96.8 Å². The summed E-state index contributed by atoms with van der Waals surface area (Å²) in [7, 11) is 0. The summed E-state index contributed by atoms with van der Waals surface area (Å²) in [6, 6.07) is -1.17. The van der Waals surface area contributed by atoms with Gasteiger partial charge in [0.05, 0.1) is 5.97 Å². The van der Waals surface area contributed by atoms with E-state index >= 15 is 0 Å². The van der Waals surface area contributed by atoms with Crippen LogP contribution in [0.25, 0.3) is 0 Å². The van der Waals surface area contributed by atoms with E-state index in [4.69, 9.17) is 15.9 Å². The predicted octanol–water partition coefficient (Wildman–Crippen LogP) is -0.295. The van der Waals surface area contributed by atoms with Gasteiger partial charge >= 0.3 is 41.5 Å². The minimum absolute atomic E-state index is 0. The zero-order chi connectivity index (χ0) is 20.2. The molecule has 0 aliphatic carbocycles. The van der Waals surface area contributed by atoms with Crippen molar-refractivity contribution in [3.63, 3.8) is 0 Å². The molecule has 0 aliphatic heterocycles. The Hall–Kier alpha value is -0.630. The van der Waals surface area contributed by atoms with Gasteiger partial charge in [0.2, 0.25) is 0 Å². The molecule has 0 bridgehead atoms. The van der Waals surface area contributed by atoms with Gasteiger partial charge < -0.3 is 25.8 Å². The van der Waals surface area contributed by atoms with Gasteiger partial charge in [-0.2, -0.15) is 0 Å². The molecule has 0 spiro atoms. The Morgan fingerprint density at radius 2 is 1.15 bits per heavy atom. The van der Waals surface area contributed by atoms with Gasteiger partial charge in [-0.3, -0.25) is 9.59 Å². The quantitative estimate of drug-likeness (QED) is 0.240. The SMILES string of the molecule is CCCCCCCCCCCCCC(=O)O.NC(CCC(=O)O)C(=O)[O-].[Na+]. The van der Waals surface area contributed by atoms with Crippen LogP contribution in [-0.4, -0.2) is 34.2 Å². The summed E-state index contributed by atoms with van der Waals surface area (Å²) in [5, 5.41) is 26.4. The number of unbranched alkanes of at least 4 members (excludes halogenated alkanes) is 10. The average Bonchev–Trinajstić information content (AvgIpc) is 2.57. The van der Waals surface area contributed by atoms with Crippen LogP contribution in [0.2, 0.25) is 0 Å². The summed E-state index contributed by atoms with van der Waals surface area (Å²) >= 11 is 0.